The Labute approximate surface area is 116 Å². The van der Waals surface area contributed by atoms with Crippen molar-refractivity contribution in [2.75, 3.05) is 7.11 Å². The first-order valence-corrected chi connectivity index (χ1v) is 7.36. The van der Waals surface area contributed by atoms with Gasteiger partial charge in [0, 0.05) is 23.2 Å². The van der Waals surface area contributed by atoms with Crippen LogP contribution in [0.1, 0.15) is 40.9 Å². The highest BCUT2D eigenvalue weighted by Crippen LogP contribution is 2.42. The summed E-state index contributed by atoms with van der Waals surface area (Å²) in [7, 11) is 1.61. The quantitative estimate of drug-likeness (QED) is 0.935. The van der Waals surface area contributed by atoms with Crippen LogP contribution in [0.15, 0.2) is 23.8 Å². The van der Waals surface area contributed by atoms with Crippen molar-refractivity contribution < 1.29 is 4.74 Å². The molecule has 0 saturated carbocycles. The molecule has 0 spiro atoms. The number of methoxy groups -OCH3 is 1. The Kier molecular flexibility index (Phi) is 3.48. The van der Waals surface area contributed by atoms with E-state index in [0.717, 1.165) is 12.1 Å². The second-order valence-electron chi connectivity index (χ2n) is 4.77. The molecule has 19 heavy (non-hydrogen) atoms. The summed E-state index contributed by atoms with van der Waals surface area (Å²) in [5.41, 5.74) is 8.59. The zero-order chi connectivity index (χ0) is 13.2. The topological polar surface area (TPSA) is 61.0 Å². The molecule has 1 aliphatic rings. The third-order valence-electron chi connectivity index (χ3n) is 3.73. The SMILES string of the molecule is COc1nccnc1C(N)C1CCCc2sccc21. The van der Waals surface area contributed by atoms with Crippen LogP contribution in [-0.2, 0) is 6.42 Å². The molecule has 100 valence electrons. The van der Waals surface area contributed by atoms with Crippen molar-refractivity contribution in [2.24, 2.45) is 5.73 Å². The molecule has 4 nitrogen and oxygen atoms in total. The number of aryl methyl sites for hydroxylation is 1. The molecule has 0 aliphatic heterocycles. The van der Waals surface area contributed by atoms with E-state index < -0.39 is 0 Å². The van der Waals surface area contributed by atoms with Gasteiger partial charge in [-0.3, -0.25) is 4.98 Å². The number of ether oxygens (including phenoxy) is 1. The molecule has 0 radical (unpaired) electrons. The number of nitrogens with two attached hydrogens (primary N) is 1. The average Bonchev–Trinajstić information content (AvgIpc) is 2.94. The normalized spacial score (nSPS) is 19.8. The highest BCUT2D eigenvalue weighted by molar-refractivity contribution is 7.10. The largest absolute Gasteiger partial charge is 0.480 e. The van der Waals surface area contributed by atoms with Crippen molar-refractivity contribution in [2.45, 2.75) is 31.2 Å². The van der Waals surface area contributed by atoms with Crippen molar-refractivity contribution in [1.29, 1.82) is 0 Å². The fourth-order valence-corrected chi connectivity index (χ4v) is 3.80. The van der Waals surface area contributed by atoms with Crippen molar-refractivity contribution in [1.82, 2.24) is 9.97 Å². The zero-order valence-corrected chi connectivity index (χ0v) is 11.7. The van der Waals surface area contributed by atoms with Gasteiger partial charge in [0.25, 0.3) is 0 Å². The van der Waals surface area contributed by atoms with Gasteiger partial charge in [0.05, 0.1) is 13.2 Å². The monoisotopic (exact) mass is 275 g/mol. The molecular formula is C14H17N3OS. The maximum Gasteiger partial charge on any atom is 0.237 e. The molecule has 2 aromatic rings. The van der Waals surface area contributed by atoms with Crippen molar-refractivity contribution in [3.05, 3.63) is 40.0 Å². The lowest BCUT2D eigenvalue weighted by Crippen LogP contribution is -2.24. The molecule has 0 amide bonds. The minimum Gasteiger partial charge on any atom is -0.480 e. The number of aromatic nitrogens is 2. The second-order valence-corrected chi connectivity index (χ2v) is 5.78. The Hall–Kier alpha value is -1.46. The van der Waals surface area contributed by atoms with Crippen molar-refractivity contribution in [3.8, 4) is 5.88 Å². The van der Waals surface area contributed by atoms with Gasteiger partial charge in [-0.05, 0) is 36.3 Å². The highest BCUT2D eigenvalue weighted by atomic mass is 32.1. The molecule has 5 heteroatoms. The molecule has 3 rings (SSSR count). The summed E-state index contributed by atoms with van der Waals surface area (Å²) in [4.78, 5) is 10.0. The van der Waals surface area contributed by atoms with Gasteiger partial charge in [-0.15, -0.1) is 11.3 Å². The van der Waals surface area contributed by atoms with E-state index in [1.165, 1.54) is 23.3 Å². The highest BCUT2D eigenvalue weighted by Gasteiger charge is 2.30. The molecule has 2 unspecified atom stereocenters. The lowest BCUT2D eigenvalue weighted by molar-refractivity contribution is 0.374. The fourth-order valence-electron chi connectivity index (χ4n) is 2.81. The van der Waals surface area contributed by atoms with Gasteiger partial charge in [-0.2, -0.15) is 0 Å². The summed E-state index contributed by atoms with van der Waals surface area (Å²) in [6, 6.07) is 2.05. The van der Waals surface area contributed by atoms with E-state index >= 15 is 0 Å². The zero-order valence-electron chi connectivity index (χ0n) is 10.9. The van der Waals surface area contributed by atoms with E-state index in [0.29, 0.717) is 11.8 Å². The summed E-state index contributed by atoms with van der Waals surface area (Å²) in [6.07, 6.45) is 6.77. The molecule has 0 bridgehead atoms. The first-order chi connectivity index (χ1) is 9.31. The fraction of sp³-hybridized carbons (Fsp3) is 0.429. The van der Waals surface area contributed by atoms with Crippen LogP contribution in [0.3, 0.4) is 0 Å². The van der Waals surface area contributed by atoms with Crippen LogP contribution in [-0.4, -0.2) is 17.1 Å². The smallest absolute Gasteiger partial charge is 0.237 e. The van der Waals surface area contributed by atoms with Crippen LogP contribution in [0.2, 0.25) is 0 Å². The number of nitrogens with zero attached hydrogens (tertiary/aromatic N) is 2. The Morgan fingerprint density at radius 1 is 1.42 bits per heavy atom. The average molecular weight is 275 g/mol. The van der Waals surface area contributed by atoms with Gasteiger partial charge in [-0.1, -0.05) is 0 Å². The number of hydrogen-bond acceptors (Lipinski definition) is 5. The van der Waals surface area contributed by atoms with Crippen LogP contribution in [0, 0.1) is 0 Å². The Morgan fingerprint density at radius 3 is 3.11 bits per heavy atom. The number of fused-ring (bicyclic) bond motifs is 1. The second kappa shape index (κ2) is 5.27. The van der Waals surface area contributed by atoms with Crippen LogP contribution >= 0.6 is 11.3 Å². The van der Waals surface area contributed by atoms with E-state index in [9.17, 15) is 0 Å². The molecule has 0 aromatic carbocycles. The lowest BCUT2D eigenvalue weighted by Gasteiger charge is -2.28. The van der Waals surface area contributed by atoms with E-state index in [4.69, 9.17) is 10.5 Å². The molecule has 2 atom stereocenters. The summed E-state index contributed by atoms with van der Waals surface area (Å²) in [5.74, 6) is 0.859. The summed E-state index contributed by atoms with van der Waals surface area (Å²) in [6.45, 7) is 0. The standard InChI is InChI=1S/C14H17N3OS/c1-18-14-13(16-6-7-17-14)12(15)10-3-2-4-11-9(10)5-8-19-11/h5-8,10,12H,2-4,15H2,1H3. The van der Waals surface area contributed by atoms with Crippen molar-refractivity contribution >= 4 is 11.3 Å². The Morgan fingerprint density at radius 2 is 2.26 bits per heavy atom. The van der Waals surface area contributed by atoms with Gasteiger partial charge in [0.2, 0.25) is 5.88 Å². The third kappa shape index (κ3) is 2.24. The summed E-state index contributed by atoms with van der Waals surface area (Å²) in [5, 5.41) is 2.16. The molecule has 1 aliphatic carbocycles. The predicted octanol–water partition coefficient (Wildman–Crippen LogP) is 2.67. The van der Waals surface area contributed by atoms with Gasteiger partial charge in [0.1, 0.15) is 5.69 Å². The lowest BCUT2D eigenvalue weighted by atomic mass is 9.81. The maximum absolute atomic E-state index is 6.44. The summed E-state index contributed by atoms with van der Waals surface area (Å²) >= 11 is 1.83. The third-order valence-corrected chi connectivity index (χ3v) is 4.73. The van der Waals surface area contributed by atoms with Gasteiger partial charge in [-0.25, -0.2) is 4.98 Å². The predicted molar refractivity (Wildman–Crippen MR) is 75.5 cm³/mol. The van der Waals surface area contributed by atoms with Gasteiger partial charge < -0.3 is 10.5 Å². The van der Waals surface area contributed by atoms with E-state index in [2.05, 4.69) is 21.4 Å². The first-order valence-electron chi connectivity index (χ1n) is 6.48. The first kappa shape index (κ1) is 12.6. The summed E-state index contributed by atoms with van der Waals surface area (Å²) < 4.78 is 5.28. The van der Waals surface area contributed by atoms with Crippen molar-refractivity contribution in [3.63, 3.8) is 0 Å². The Bertz CT molecular complexity index is 569. The molecule has 2 aromatic heterocycles. The van der Waals surface area contributed by atoms with Crippen LogP contribution < -0.4 is 10.5 Å². The van der Waals surface area contributed by atoms with Crippen LogP contribution in [0.5, 0.6) is 5.88 Å². The van der Waals surface area contributed by atoms with E-state index in [-0.39, 0.29) is 6.04 Å². The molecule has 2 heterocycles. The number of thiophene rings is 1. The number of rotatable bonds is 3. The molecule has 0 saturated heterocycles. The van der Waals surface area contributed by atoms with E-state index in [1.807, 2.05) is 11.3 Å². The minimum absolute atomic E-state index is 0.155. The molecule has 2 N–H and O–H groups in total. The van der Waals surface area contributed by atoms with Gasteiger partial charge >= 0.3 is 0 Å². The maximum atomic E-state index is 6.44. The van der Waals surface area contributed by atoms with E-state index in [1.54, 1.807) is 19.5 Å². The molecular weight excluding hydrogens is 258 g/mol. The van der Waals surface area contributed by atoms with Crippen LogP contribution in [0.25, 0.3) is 0 Å². The number of hydrogen-bond donors (Lipinski definition) is 1. The van der Waals surface area contributed by atoms with Gasteiger partial charge in [0.15, 0.2) is 0 Å². The molecule has 0 fully saturated rings. The van der Waals surface area contributed by atoms with Crippen LogP contribution in [0.4, 0.5) is 0 Å². The minimum atomic E-state index is -0.155. The Balaban J connectivity index is 1.95.